The number of esters is 1. The molecule has 3 rings (SSSR count). The number of H-pyrrole nitrogens is 1. The quantitative estimate of drug-likeness (QED) is 0.176. The first kappa shape index (κ1) is 23.8. The van der Waals surface area contributed by atoms with Crippen molar-refractivity contribution in [3.63, 3.8) is 0 Å². The second-order valence-electron chi connectivity index (χ2n) is 7.53. The van der Waals surface area contributed by atoms with Gasteiger partial charge in [0.2, 0.25) is 11.8 Å². The maximum Gasteiger partial charge on any atom is 0.325 e. The summed E-state index contributed by atoms with van der Waals surface area (Å²) < 4.78 is 5.34. The normalized spacial score (nSPS) is 11.8. The van der Waals surface area contributed by atoms with Crippen molar-refractivity contribution >= 4 is 28.7 Å². The molecule has 1 heterocycles. The molecule has 0 fully saturated rings. The predicted octanol–water partition coefficient (Wildman–Crippen LogP) is 0.0825. The molecule has 0 bridgehead atoms. The van der Waals surface area contributed by atoms with Crippen LogP contribution in [0.15, 0.2) is 48.7 Å². The Bertz CT molecular complexity index is 1130. The predicted molar refractivity (Wildman–Crippen MR) is 122 cm³/mol. The lowest BCUT2D eigenvalue weighted by atomic mass is 10.1. The van der Waals surface area contributed by atoms with Crippen LogP contribution < -0.4 is 26.8 Å². The minimum Gasteiger partial charge on any atom is -0.508 e. The van der Waals surface area contributed by atoms with Crippen LogP contribution in [-0.2, 0) is 27.2 Å². The topological polar surface area (TPSA) is 173 Å². The molecule has 0 aliphatic rings. The van der Waals surface area contributed by atoms with Crippen LogP contribution in [0.25, 0.3) is 10.9 Å². The van der Waals surface area contributed by atoms with Gasteiger partial charge in [0.25, 0.3) is 0 Å². The summed E-state index contributed by atoms with van der Waals surface area (Å²) in [6.07, 6.45) is 2.76. The number of nitrogens with two attached hydrogens (primary N) is 2. The highest BCUT2D eigenvalue weighted by Crippen LogP contribution is 2.24. The van der Waals surface area contributed by atoms with E-state index >= 15 is 0 Å². The number of phenols is 1. The van der Waals surface area contributed by atoms with Crippen molar-refractivity contribution in [2.45, 2.75) is 18.9 Å². The number of benzene rings is 2. The number of hydrogen-bond donors (Lipinski definition) is 6. The van der Waals surface area contributed by atoms with E-state index in [1.165, 1.54) is 12.1 Å². The van der Waals surface area contributed by atoms with Gasteiger partial charge in [-0.1, -0.05) is 12.1 Å². The van der Waals surface area contributed by atoms with Crippen LogP contribution in [0.4, 0.5) is 0 Å². The first-order chi connectivity index (χ1) is 15.9. The highest BCUT2D eigenvalue weighted by Gasteiger charge is 2.19. The molecule has 0 aliphatic heterocycles. The van der Waals surface area contributed by atoms with Gasteiger partial charge >= 0.3 is 5.97 Å². The number of amides is 2. The number of aromatic nitrogens is 1. The van der Waals surface area contributed by atoms with E-state index in [0.717, 1.165) is 22.0 Å². The highest BCUT2D eigenvalue weighted by molar-refractivity contribution is 5.88. The van der Waals surface area contributed by atoms with Gasteiger partial charge in [0, 0.05) is 23.5 Å². The minimum atomic E-state index is -0.924. The van der Waals surface area contributed by atoms with Gasteiger partial charge in [0.05, 0.1) is 13.1 Å². The Hall–Kier alpha value is -3.89. The molecule has 0 saturated carbocycles. The number of rotatable bonds is 11. The van der Waals surface area contributed by atoms with Crippen LogP contribution >= 0.6 is 0 Å². The zero-order chi connectivity index (χ0) is 23.8. The molecule has 33 heavy (non-hydrogen) atoms. The van der Waals surface area contributed by atoms with E-state index < -0.39 is 23.8 Å². The fourth-order valence-electron chi connectivity index (χ4n) is 3.36. The molecule has 3 aromatic rings. The van der Waals surface area contributed by atoms with Crippen molar-refractivity contribution in [1.82, 2.24) is 15.6 Å². The van der Waals surface area contributed by atoms with Gasteiger partial charge in [0.15, 0.2) is 0 Å². The summed E-state index contributed by atoms with van der Waals surface area (Å²) in [6, 6.07) is 10.6. The van der Waals surface area contributed by atoms with E-state index in [9.17, 15) is 19.5 Å². The van der Waals surface area contributed by atoms with Gasteiger partial charge < -0.3 is 31.6 Å². The maximum atomic E-state index is 12.2. The first-order valence-electron chi connectivity index (χ1n) is 10.4. The number of phenolic OH excluding ortho intramolecular Hbond substituents is 1. The van der Waals surface area contributed by atoms with Gasteiger partial charge in [-0.05, 0) is 54.4 Å². The molecule has 10 nitrogen and oxygen atoms in total. The maximum absolute atomic E-state index is 12.2. The van der Waals surface area contributed by atoms with Crippen LogP contribution in [0.5, 0.6) is 11.5 Å². The summed E-state index contributed by atoms with van der Waals surface area (Å²) in [5.41, 5.74) is 13.7. The highest BCUT2D eigenvalue weighted by atomic mass is 16.5. The number of primary amides is 1. The Balaban J connectivity index is 1.46. The molecular formula is C23H27N5O5. The molecule has 0 aliphatic carbocycles. The molecule has 2 aromatic carbocycles. The summed E-state index contributed by atoms with van der Waals surface area (Å²) in [6.45, 7) is 0.105. The second-order valence-corrected chi connectivity index (χ2v) is 7.53. The van der Waals surface area contributed by atoms with E-state index in [4.69, 9.17) is 16.2 Å². The molecule has 1 atom stereocenters. The Labute approximate surface area is 190 Å². The molecule has 174 valence electrons. The van der Waals surface area contributed by atoms with E-state index in [1.54, 1.807) is 24.3 Å². The van der Waals surface area contributed by atoms with Crippen LogP contribution in [0.3, 0.4) is 0 Å². The lowest BCUT2D eigenvalue weighted by Gasteiger charge is -2.16. The summed E-state index contributed by atoms with van der Waals surface area (Å²) in [4.78, 5) is 39.1. The van der Waals surface area contributed by atoms with Crippen LogP contribution in [0.2, 0.25) is 0 Å². The molecule has 0 radical (unpaired) electrons. The third kappa shape index (κ3) is 6.79. The van der Waals surface area contributed by atoms with E-state index in [2.05, 4.69) is 15.6 Å². The zero-order valence-electron chi connectivity index (χ0n) is 18.0. The number of nitrogens with one attached hydrogen (secondary N) is 3. The summed E-state index contributed by atoms with van der Waals surface area (Å²) >= 11 is 0. The smallest absolute Gasteiger partial charge is 0.325 e. The fourth-order valence-corrected chi connectivity index (χ4v) is 3.36. The van der Waals surface area contributed by atoms with Gasteiger partial charge in [0.1, 0.15) is 17.5 Å². The number of aromatic hydroxyl groups is 1. The van der Waals surface area contributed by atoms with Crippen molar-refractivity contribution in [3.8, 4) is 11.5 Å². The van der Waals surface area contributed by atoms with Crippen LogP contribution in [-0.4, -0.2) is 53.6 Å². The number of carbonyl (C=O) groups excluding carboxylic acids is 3. The fraction of sp³-hybridized carbons (Fsp3) is 0.261. The minimum absolute atomic E-state index is 0.0958. The first-order valence-corrected chi connectivity index (χ1v) is 10.4. The SMILES string of the molecule is NCCc1c[nH]c2ccc(OC(=O)CNCC(=O)N[C@@H](Cc3ccc(O)cc3)C(N)=O)cc12. The molecule has 8 N–H and O–H groups in total. The monoisotopic (exact) mass is 453 g/mol. The van der Waals surface area contributed by atoms with Crippen molar-refractivity contribution in [3.05, 3.63) is 59.8 Å². The van der Waals surface area contributed by atoms with E-state index in [1.807, 2.05) is 12.3 Å². The van der Waals surface area contributed by atoms with Gasteiger partial charge in [-0.3, -0.25) is 19.7 Å². The van der Waals surface area contributed by atoms with Crippen molar-refractivity contribution < 1.29 is 24.2 Å². The summed E-state index contributed by atoms with van der Waals surface area (Å²) in [5.74, 6) is -1.26. The van der Waals surface area contributed by atoms with Crippen molar-refractivity contribution in [2.75, 3.05) is 19.6 Å². The molecule has 1 aromatic heterocycles. The summed E-state index contributed by atoms with van der Waals surface area (Å²) in [7, 11) is 0. The number of ether oxygens (including phenoxy) is 1. The largest absolute Gasteiger partial charge is 0.508 e. The lowest BCUT2D eigenvalue weighted by molar-refractivity contribution is -0.133. The molecule has 10 heteroatoms. The Morgan fingerprint density at radius 2 is 1.85 bits per heavy atom. The van der Waals surface area contributed by atoms with Crippen LogP contribution in [0, 0.1) is 0 Å². The van der Waals surface area contributed by atoms with Gasteiger partial charge in [-0.15, -0.1) is 0 Å². The third-order valence-corrected chi connectivity index (χ3v) is 4.99. The van der Waals surface area contributed by atoms with E-state index in [-0.39, 0.29) is 25.3 Å². The number of fused-ring (bicyclic) bond motifs is 1. The zero-order valence-corrected chi connectivity index (χ0v) is 18.0. The lowest BCUT2D eigenvalue weighted by Crippen LogP contribution is -2.48. The Morgan fingerprint density at radius 1 is 1.09 bits per heavy atom. The Morgan fingerprint density at radius 3 is 2.55 bits per heavy atom. The van der Waals surface area contributed by atoms with Gasteiger partial charge in [-0.2, -0.15) is 0 Å². The third-order valence-electron chi connectivity index (χ3n) is 4.99. The average Bonchev–Trinajstić information content (AvgIpc) is 3.17. The van der Waals surface area contributed by atoms with E-state index in [0.29, 0.717) is 18.7 Å². The average molecular weight is 453 g/mol. The van der Waals surface area contributed by atoms with Gasteiger partial charge in [-0.25, -0.2) is 0 Å². The van der Waals surface area contributed by atoms with Crippen molar-refractivity contribution in [1.29, 1.82) is 0 Å². The second kappa shape index (κ2) is 11.1. The molecule has 0 spiro atoms. The standard InChI is InChI=1S/C23H27N5O5/c24-8-7-15-11-27-19-6-5-17(10-18(15)19)33-22(31)13-26-12-21(30)28-20(23(25)32)9-14-1-3-16(29)4-2-14/h1-6,10-11,20,26-27,29H,7-9,12-13,24H2,(H2,25,32)(H,28,30)/t20-/m0/s1. The van der Waals surface area contributed by atoms with Crippen LogP contribution in [0.1, 0.15) is 11.1 Å². The Kier molecular flexibility index (Phi) is 8.01. The summed E-state index contributed by atoms with van der Waals surface area (Å²) in [5, 5.41) is 15.5. The molecule has 0 unspecified atom stereocenters. The number of hydrogen-bond acceptors (Lipinski definition) is 7. The molecule has 2 amide bonds. The number of aromatic amines is 1. The molecular weight excluding hydrogens is 426 g/mol. The molecule has 0 saturated heterocycles. The van der Waals surface area contributed by atoms with Crippen molar-refractivity contribution in [2.24, 2.45) is 11.5 Å². The number of carbonyl (C=O) groups is 3.